The smallest absolute Gasteiger partial charge is 0.0728 e. The number of halogens is 2. The van der Waals surface area contributed by atoms with Crippen LogP contribution in [-0.4, -0.2) is 48.3 Å². The Balaban J connectivity index is 0.00000150. The molecule has 1 saturated heterocycles. The number of fused-ring (bicyclic) bond motifs is 1. The van der Waals surface area contributed by atoms with E-state index in [1.807, 2.05) is 0 Å². The molecule has 1 unspecified atom stereocenters. The molecule has 1 aliphatic carbocycles. The summed E-state index contributed by atoms with van der Waals surface area (Å²) >= 11 is 0. The highest BCUT2D eigenvalue weighted by molar-refractivity contribution is 5.86. The van der Waals surface area contributed by atoms with Gasteiger partial charge in [-0.1, -0.05) is 61.7 Å². The normalized spacial score (nSPS) is 21.2. The Morgan fingerprint density at radius 1 is 1.00 bits per heavy atom. The molecule has 2 N–H and O–H groups in total. The van der Waals surface area contributed by atoms with Crippen LogP contribution in [0.25, 0.3) is 10.8 Å². The highest BCUT2D eigenvalue weighted by atomic mass is 35.5. The minimum atomic E-state index is -0.567. The van der Waals surface area contributed by atoms with Gasteiger partial charge in [-0.15, -0.1) is 24.8 Å². The summed E-state index contributed by atoms with van der Waals surface area (Å²) in [6.45, 7) is 3.23. The standard InChI is InChI=1S/C24H34N2O.2ClH/c1-25-20-12-16-26(17-13-20)18-23(24(27)14-5-2-6-15-24)22-11-7-9-19-8-3-4-10-21(19)22;;/h3-4,7-11,20,23,25,27H,2,5-6,12-18H2,1H3;2*1H. The number of hydrogen-bond acceptors (Lipinski definition) is 3. The summed E-state index contributed by atoms with van der Waals surface area (Å²) in [6, 6.07) is 15.9. The second kappa shape index (κ2) is 11.0. The van der Waals surface area contributed by atoms with Crippen LogP contribution in [-0.2, 0) is 0 Å². The number of likely N-dealkylation sites (tertiary alicyclic amines) is 1. The predicted octanol–water partition coefficient (Wildman–Crippen LogP) is 5.15. The van der Waals surface area contributed by atoms with E-state index in [9.17, 15) is 5.11 Å². The fraction of sp³-hybridized carbons (Fsp3) is 0.583. The summed E-state index contributed by atoms with van der Waals surface area (Å²) in [4.78, 5) is 2.59. The summed E-state index contributed by atoms with van der Waals surface area (Å²) in [5.41, 5.74) is 0.774. The van der Waals surface area contributed by atoms with Crippen molar-refractivity contribution in [3.63, 3.8) is 0 Å². The number of aliphatic hydroxyl groups is 1. The fourth-order valence-electron chi connectivity index (χ4n) is 5.29. The van der Waals surface area contributed by atoms with E-state index >= 15 is 0 Å². The Hall–Kier alpha value is -0.840. The molecule has 1 saturated carbocycles. The number of benzene rings is 2. The SMILES string of the molecule is CNC1CCN(CC(c2cccc3ccccc23)C2(O)CCCCC2)CC1.Cl.Cl. The van der Waals surface area contributed by atoms with Gasteiger partial charge in [0, 0.05) is 18.5 Å². The van der Waals surface area contributed by atoms with Crippen molar-refractivity contribution in [2.45, 2.75) is 62.5 Å². The third-order valence-electron chi connectivity index (χ3n) is 7.00. The van der Waals surface area contributed by atoms with Crippen molar-refractivity contribution in [1.29, 1.82) is 0 Å². The molecule has 2 aromatic carbocycles. The van der Waals surface area contributed by atoms with Gasteiger partial charge in [0.05, 0.1) is 5.60 Å². The Kier molecular flexibility index (Phi) is 9.24. The first-order valence-corrected chi connectivity index (χ1v) is 10.8. The van der Waals surface area contributed by atoms with Crippen molar-refractivity contribution in [2.24, 2.45) is 0 Å². The maximum Gasteiger partial charge on any atom is 0.0728 e. The molecule has 3 nitrogen and oxygen atoms in total. The van der Waals surface area contributed by atoms with Crippen molar-refractivity contribution in [2.75, 3.05) is 26.7 Å². The summed E-state index contributed by atoms with van der Waals surface area (Å²) in [7, 11) is 2.07. The van der Waals surface area contributed by atoms with Crippen LogP contribution >= 0.6 is 24.8 Å². The topological polar surface area (TPSA) is 35.5 Å². The quantitative estimate of drug-likeness (QED) is 0.677. The molecule has 0 amide bonds. The number of rotatable bonds is 5. The van der Waals surface area contributed by atoms with Crippen molar-refractivity contribution in [1.82, 2.24) is 10.2 Å². The Morgan fingerprint density at radius 2 is 1.66 bits per heavy atom. The van der Waals surface area contributed by atoms with E-state index in [2.05, 4.69) is 59.7 Å². The minimum Gasteiger partial charge on any atom is -0.389 e. The van der Waals surface area contributed by atoms with E-state index in [1.54, 1.807) is 0 Å². The van der Waals surface area contributed by atoms with Gasteiger partial charge in [0.1, 0.15) is 0 Å². The first-order valence-electron chi connectivity index (χ1n) is 10.8. The van der Waals surface area contributed by atoms with Gasteiger partial charge < -0.3 is 15.3 Å². The monoisotopic (exact) mass is 438 g/mol. The lowest BCUT2D eigenvalue weighted by atomic mass is 9.71. The van der Waals surface area contributed by atoms with Crippen LogP contribution in [0.3, 0.4) is 0 Å². The molecule has 2 fully saturated rings. The lowest BCUT2D eigenvalue weighted by molar-refractivity contribution is -0.0322. The molecule has 1 aliphatic heterocycles. The second-order valence-electron chi connectivity index (χ2n) is 8.65. The van der Waals surface area contributed by atoms with Gasteiger partial charge in [0.15, 0.2) is 0 Å². The summed E-state index contributed by atoms with van der Waals surface area (Å²) in [5, 5.41) is 17.8. The van der Waals surface area contributed by atoms with E-state index in [4.69, 9.17) is 0 Å². The summed E-state index contributed by atoms with van der Waals surface area (Å²) in [5.74, 6) is 0.190. The molecule has 162 valence electrons. The Morgan fingerprint density at radius 3 is 2.34 bits per heavy atom. The second-order valence-corrected chi connectivity index (χ2v) is 8.65. The van der Waals surface area contributed by atoms with Crippen LogP contribution in [0.15, 0.2) is 42.5 Å². The molecule has 1 atom stereocenters. The highest BCUT2D eigenvalue weighted by Crippen LogP contribution is 2.42. The minimum absolute atomic E-state index is 0. The predicted molar refractivity (Wildman–Crippen MR) is 128 cm³/mol. The molecule has 29 heavy (non-hydrogen) atoms. The Bertz CT molecular complexity index is 750. The maximum absolute atomic E-state index is 11.7. The van der Waals surface area contributed by atoms with Gasteiger partial charge in [-0.3, -0.25) is 0 Å². The molecule has 1 heterocycles. The molecular weight excluding hydrogens is 403 g/mol. The number of piperidine rings is 1. The molecule has 4 rings (SSSR count). The largest absolute Gasteiger partial charge is 0.389 e. The first kappa shape index (κ1) is 24.4. The maximum atomic E-state index is 11.7. The summed E-state index contributed by atoms with van der Waals surface area (Å²) in [6.07, 6.45) is 7.85. The third kappa shape index (κ3) is 5.45. The van der Waals surface area contributed by atoms with Crippen LogP contribution in [0.1, 0.15) is 56.4 Å². The van der Waals surface area contributed by atoms with Gasteiger partial charge >= 0.3 is 0 Å². The Labute approximate surface area is 188 Å². The van der Waals surface area contributed by atoms with Gasteiger partial charge in [-0.25, -0.2) is 0 Å². The van der Waals surface area contributed by atoms with E-state index in [-0.39, 0.29) is 30.7 Å². The molecular formula is C24H36Cl2N2O. The van der Waals surface area contributed by atoms with Crippen molar-refractivity contribution < 1.29 is 5.11 Å². The van der Waals surface area contributed by atoms with Gasteiger partial charge in [0.2, 0.25) is 0 Å². The number of hydrogen-bond donors (Lipinski definition) is 2. The van der Waals surface area contributed by atoms with Crippen LogP contribution in [0, 0.1) is 0 Å². The molecule has 5 heteroatoms. The molecule has 0 aromatic heterocycles. The van der Waals surface area contributed by atoms with Crippen molar-refractivity contribution >= 4 is 35.6 Å². The zero-order chi connectivity index (χ0) is 18.7. The molecule has 0 radical (unpaired) electrons. The molecule has 0 bridgehead atoms. The van der Waals surface area contributed by atoms with Crippen LogP contribution < -0.4 is 5.32 Å². The van der Waals surface area contributed by atoms with Crippen LogP contribution in [0.4, 0.5) is 0 Å². The average Bonchev–Trinajstić information content (AvgIpc) is 2.72. The fourth-order valence-corrected chi connectivity index (χ4v) is 5.29. The zero-order valence-electron chi connectivity index (χ0n) is 17.5. The van der Waals surface area contributed by atoms with Crippen molar-refractivity contribution in [3.8, 4) is 0 Å². The van der Waals surface area contributed by atoms with Gasteiger partial charge in [0.25, 0.3) is 0 Å². The highest BCUT2D eigenvalue weighted by Gasteiger charge is 2.40. The average molecular weight is 439 g/mol. The van der Waals surface area contributed by atoms with Gasteiger partial charge in [-0.05, 0) is 62.2 Å². The lowest BCUT2D eigenvalue weighted by Gasteiger charge is -2.43. The first-order chi connectivity index (χ1) is 13.2. The van der Waals surface area contributed by atoms with Gasteiger partial charge in [-0.2, -0.15) is 0 Å². The van der Waals surface area contributed by atoms with E-state index in [0.29, 0.717) is 6.04 Å². The molecule has 0 spiro atoms. The van der Waals surface area contributed by atoms with Crippen LogP contribution in [0.5, 0.6) is 0 Å². The zero-order valence-corrected chi connectivity index (χ0v) is 19.1. The van der Waals surface area contributed by atoms with Crippen molar-refractivity contribution in [3.05, 3.63) is 48.0 Å². The van der Waals surface area contributed by atoms with E-state index in [1.165, 1.54) is 35.6 Å². The lowest BCUT2D eigenvalue weighted by Crippen LogP contribution is -2.48. The molecule has 2 aliphatic rings. The van der Waals surface area contributed by atoms with E-state index < -0.39 is 5.60 Å². The number of nitrogens with zero attached hydrogens (tertiary/aromatic N) is 1. The van der Waals surface area contributed by atoms with E-state index in [0.717, 1.165) is 45.3 Å². The molecule has 2 aromatic rings. The third-order valence-corrected chi connectivity index (χ3v) is 7.00. The summed E-state index contributed by atoms with van der Waals surface area (Å²) < 4.78 is 0. The van der Waals surface area contributed by atoms with Crippen LogP contribution in [0.2, 0.25) is 0 Å². The number of nitrogens with one attached hydrogen (secondary N) is 1.